The van der Waals surface area contributed by atoms with Crippen LogP contribution in [0.1, 0.15) is 12.5 Å². The van der Waals surface area contributed by atoms with Gasteiger partial charge >= 0.3 is 5.97 Å². The second-order valence-electron chi connectivity index (χ2n) is 3.65. The lowest BCUT2D eigenvalue weighted by Gasteiger charge is -2.12. The van der Waals surface area contributed by atoms with Gasteiger partial charge in [0.15, 0.2) is 5.25 Å². The van der Waals surface area contributed by atoms with Crippen molar-refractivity contribution >= 4 is 21.7 Å². The Hall–Kier alpha value is -2.07. The molecule has 0 saturated carbocycles. The quantitative estimate of drug-likeness (QED) is 0.827. The van der Waals surface area contributed by atoms with E-state index >= 15 is 0 Å². The minimum absolute atomic E-state index is 0.182. The molecule has 0 aliphatic carbocycles. The number of carboxylic acid groups (broad SMARTS) is 1. The van der Waals surface area contributed by atoms with Crippen LogP contribution in [0, 0.1) is 11.3 Å². The number of nitriles is 1. The van der Waals surface area contributed by atoms with Crippen molar-refractivity contribution in [3.05, 3.63) is 29.8 Å². The number of sulfonamides is 1. The Bertz CT molecular complexity index is 589. The Labute approximate surface area is 105 Å². The monoisotopic (exact) mass is 268 g/mol. The summed E-state index contributed by atoms with van der Waals surface area (Å²) in [5, 5.41) is 16.1. The lowest BCUT2D eigenvalue weighted by molar-refractivity contribution is -0.136. The minimum Gasteiger partial charge on any atom is -0.481 e. The van der Waals surface area contributed by atoms with Gasteiger partial charge < -0.3 is 5.11 Å². The molecule has 1 rings (SSSR count). The first kappa shape index (κ1) is 14.0. The van der Waals surface area contributed by atoms with E-state index in [1.165, 1.54) is 19.1 Å². The SMILES string of the molecule is CC(C#N)S(=O)(=O)Nc1ccccc1CC(=O)O. The molecule has 0 aromatic heterocycles. The lowest BCUT2D eigenvalue weighted by Crippen LogP contribution is -2.24. The molecule has 6 nitrogen and oxygen atoms in total. The molecule has 0 saturated heterocycles. The highest BCUT2D eigenvalue weighted by molar-refractivity contribution is 7.93. The number of carbonyl (C=O) groups is 1. The van der Waals surface area contributed by atoms with Crippen molar-refractivity contribution in [1.29, 1.82) is 5.26 Å². The van der Waals surface area contributed by atoms with E-state index in [-0.39, 0.29) is 12.1 Å². The third-order valence-electron chi connectivity index (χ3n) is 2.26. The number of para-hydroxylation sites is 1. The van der Waals surface area contributed by atoms with Crippen LogP contribution in [0.15, 0.2) is 24.3 Å². The van der Waals surface area contributed by atoms with Crippen molar-refractivity contribution in [2.75, 3.05) is 4.72 Å². The molecule has 2 N–H and O–H groups in total. The predicted molar refractivity (Wildman–Crippen MR) is 65.4 cm³/mol. The molecule has 18 heavy (non-hydrogen) atoms. The molecule has 96 valence electrons. The zero-order valence-corrected chi connectivity index (χ0v) is 10.4. The van der Waals surface area contributed by atoms with Gasteiger partial charge in [-0.05, 0) is 18.6 Å². The molecule has 0 fully saturated rings. The summed E-state index contributed by atoms with van der Waals surface area (Å²) in [6.07, 6.45) is -0.292. The standard InChI is InChI=1S/C11H12N2O4S/c1-8(7-12)18(16,17)13-10-5-3-2-4-9(10)6-11(14)15/h2-5,8,13H,6H2,1H3,(H,14,15). The molecule has 0 spiro atoms. The maximum absolute atomic E-state index is 11.7. The maximum Gasteiger partial charge on any atom is 0.307 e. The van der Waals surface area contributed by atoms with Gasteiger partial charge in [-0.3, -0.25) is 9.52 Å². The van der Waals surface area contributed by atoms with Crippen LogP contribution < -0.4 is 4.72 Å². The summed E-state index contributed by atoms with van der Waals surface area (Å²) in [6.45, 7) is 1.25. The fraction of sp³-hybridized carbons (Fsp3) is 0.273. The van der Waals surface area contributed by atoms with Gasteiger partial charge in [-0.1, -0.05) is 18.2 Å². The fourth-order valence-electron chi connectivity index (χ4n) is 1.25. The highest BCUT2D eigenvalue weighted by Crippen LogP contribution is 2.18. The Morgan fingerprint density at radius 2 is 2.11 bits per heavy atom. The van der Waals surface area contributed by atoms with Crippen molar-refractivity contribution < 1.29 is 18.3 Å². The zero-order chi connectivity index (χ0) is 13.8. The van der Waals surface area contributed by atoms with Gasteiger partial charge in [-0.25, -0.2) is 8.42 Å². The van der Waals surface area contributed by atoms with Gasteiger partial charge in [-0.15, -0.1) is 0 Å². The van der Waals surface area contributed by atoms with Gasteiger partial charge in [-0.2, -0.15) is 5.26 Å². The predicted octanol–water partition coefficient (Wildman–Crippen LogP) is 0.967. The summed E-state index contributed by atoms with van der Waals surface area (Å²) in [5.41, 5.74) is 0.528. The third kappa shape index (κ3) is 3.46. The van der Waals surface area contributed by atoms with Crippen molar-refractivity contribution in [1.82, 2.24) is 0 Å². The van der Waals surface area contributed by atoms with Crippen molar-refractivity contribution in [2.45, 2.75) is 18.6 Å². The molecular weight excluding hydrogens is 256 g/mol. The normalized spacial score (nSPS) is 12.4. The van der Waals surface area contributed by atoms with Crippen LogP contribution in [-0.2, 0) is 21.2 Å². The van der Waals surface area contributed by atoms with E-state index in [0.29, 0.717) is 5.56 Å². The Kier molecular flexibility index (Phi) is 4.28. The van der Waals surface area contributed by atoms with E-state index in [1.807, 2.05) is 0 Å². The fourth-order valence-corrected chi connectivity index (χ4v) is 2.07. The van der Waals surface area contributed by atoms with Crippen LogP contribution in [0.2, 0.25) is 0 Å². The third-order valence-corrected chi connectivity index (χ3v) is 3.80. The lowest BCUT2D eigenvalue weighted by atomic mass is 10.1. The van der Waals surface area contributed by atoms with Crippen molar-refractivity contribution in [2.24, 2.45) is 0 Å². The highest BCUT2D eigenvalue weighted by atomic mass is 32.2. The molecule has 1 atom stereocenters. The molecule has 0 aliphatic rings. The molecule has 0 bridgehead atoms. The van der Waals surface area contributed by atoms with E-state index in [4.69, 9.17) is 10.4 Å². The number of hydrogen-bond donors (Lipinski definition) is 2. The van der Waals surface area contributed by atoms with Crippen LogP contribution in [0.5, 0.6) is 0 Å². The smallest absolute Gasteiger partial charge is 0.307 e. The van der Waals surface area contributed by atoms with Gasteiger partial charge in [0.2, 0.25) is 10.0 Å². The zero-order valence-electron chi connectivity index (χ0n) is 9.62. The highest BCUT2D eigenvalue weighted by Gasteiger charge is 2.21. The molecule has 1 aromatic carbocycles. The number of hydrogen-bond acceptors (Lipinski definition) is 4. The Morgan fingerprint density at radius 1 is 1.50 bits per heavy atom. The summed E-state index contributed by atoms with van der Waals surface area (Å²) < 4.78 is 25.6. The number of benzene rings is 1. The van der Waals surface area contributed by atoms with Crippen LogP contribution in [0.3, 0.4) is 0 Å². The molecule has 7 heteroatoms. The van der Waals surface area contributed by atoms with E-state index in [1.54, 1.807) is 18.2 Å². The van der Waals surface area contributed by atoms with E-state index < -0.39 is 21.2 Å². The average molecular weight is 268 g/mol. The van der Waals surface area contributed by atoms with Crippen LogP contribution in [-0.4, -0.2) is 24.7 Å². The average Bonchev–Trinajstić information content (AvgIpc) is 2.29. The van der Waals surface area contributed by atoms with Crippen molar-refractivity contribution in [3.63, 3.8) is 0 Å². The van der Waals surface area contributed by atoms with E-state index in [2.05, 4.69) is 4.72 Å². The maximum atomic E-state index is 11.7. The van der Waals surface area contributed by atoms with E-state index in [9.17, 15) is 13.2 Å². The number of rotatable bonds is 5. The number of carboxylic acids is 1. The molecule has 0 aliphatic heterocycles. The second-order valence-corrected chi connectivity index (χ2v) is 5.65. The van der Waals surface area contributed by atoms with Crippen LogP contribution in [0.25, 0.3) is 0 Å². The first-order valence-electron chi connectivity index (χ1n) is 5.07. The summed E-state index contributed by atoms with van der Waals surface area (Å²) in [5.74, 6) is -1.06. The number of nitrogens with zero attached hydrogens (tertiary/aromatic N) is 1. The largest absolute Gasteiger partial charge is 0.481 e. The molecule has 0 radical (unpaired) electrons. The van der Waals surface area contributed by atoms with E-state index in [0.717, 1.165) is 0 Å². The van der Waals surface area contributed by atoms with Gasteiger partial charge in [0.25, 0.3) is 0 Å². The van der Waals surface area contributed by atoms with Crippen LogP contribution in [0.4, 0.5) is 5.69 Å². The summed E-state index contributed by atoms with van der Waals surface area (Å²) in [4.78, 5) is 10.6. The Morgan fingerprint density at radius 3 is 2.67 bits per heavy atom. The second kappa shape index (κ2) is 5.51. The first-order chi connectivity index (χ1) is 8.36. The van der Waals surface area contributed by atoms with Gasteiger partial charge in [0, 0.05) is 0 Å². The number of nitrogens with one attached hydrogen (secondary N) is 1. The molecule has 0 amide bonds. The Balaban J connectivity index is 3.05. The van der Waals surface area contributed by atoms with Crippen molar-refractivity contribution in [3.8, 4) is 6.07 Å². The first-order valence-corrected chi connectivity index (χ1v) is 6.62. The van der Waals surface area contributed by atoms with Gasteiger partial charge in [0.05, 0.1) is 18.2 Å². The number of aliphatic carboxylic acids is 1. The molecule has 1 aromatic rings. The van der Waals surface area contributed by atoms with Gasteiger partial charge in [0.1, 0.15) is 0 Å². The summed E-state index contributed by atoms with van der Waals surface area (Å²) >= 11 is 0. The topological polar surface area (TPSA) is 107 Å². The molecular formula is C11H12N2O4S. The van der Waals surface area contributed by atoms with Crippen LogP contribution >= 0.6 is 0 Å². The summed E-state index contributed by atoms with van der Waals surface area (Å²) in [6, 6.07) is 7.79. The number of anilines is 1. The summed E-state index contributed by atoms with van der Waals surface area (Å²) in [7, 11) is -3.83. The molecule has 1 unspecified atom stereocenters. The molecule has 0 heterocycles. The minimum atomic E-state index is -3.83.